The molecule has 0 aliphatic carbocycles. The van der Waals surface area contributed by atoms with E-state index in [4.69, 9.17) is 4.74 Å². The Morgan fingerprint density at radius 3 is 2.07 bits per heavy atom. The van der Waals surface area contributed by atoms with Crippen LogP contribution in [-0.4, -0.2) is 48.5 Å². The summed E-state index contributed by atoms with van der Waals surface area (Å²) in [5, 5.41) is 18.7. The quantitative estimate of drug-likeness (QED) is 0.134. The second kappa shape index (κ2) is 17.2. The minimum absolute atomic E-state index is 0.0108. The lowest BCUT2D eigenvalue weighted by molar-refractivity contribution is 0.0523. The average Bonchev–Trinajstić information content (AvgIpc) is 2.96. The molecule has 0 aliphatic heterocycles. The Bertz CT molecular complexity index is 1340. The maximum absolute atomic E-state index is 14.3. The summed E-state index contributed by atoms with van der Waals surface area (Å²) in [6, 6.07) is 6.37. The van der Waals surface area contributed by atoms with Crippen LogP contribution in [-0.2, 0) is 14.8 Å². The minimum Gasteiger partial charge on any atom is -0.493 e. The molecule has 0 fully saturated rings. The van der Waals surface area contributed by atoms with Gasteiger partial charge in [-0.15, -0.1) is 10.2 Å². The number of aromatic nitrogens is 1. The van der Waals surface area contributed by atoms with Crippen molar-refractivity contribution in [2.75, 3.05) is 19.7 Å². The van der Waals surface area contributed by atoms with Gasteiger partial charge in [-0.2, -0.15) is 4.31 Å². The van der Waals surface area contributed by atoms with Gasteiger partial charge in [0.05, 0.1) is 6.61 Å². The molecule has 1 heterocycles. The van der Waals surface area contributed by atoms with Crippen molar-refractivity contribution in [2.45, 2.75) is 97.8 Å². The molecule has 11 heteroatoms. The van der Waals surface area contributed by atoms with Crippen LogP contribution in [0, 0.1) is 18.8 Å². The predicted octanol–water partition coefficient (Wildman–Crippen LogP) is 7.40. The van der Waals surface area contributed by atoms with Gasteiger partial charge in [-0.05, 0) is 50.7 Å². The van der Waals surface area contributed by atoms with E-state index < -0.39 is 27.4 Å². The summed E-state index contributed by atoms with van der Waals surface area (Å²) in [6.07, 6.45) is 7.86. The summed E-state index contributed by atoms with van der Waals surface area (Å²) in [5.41, 5.74) is -1.11. The molecule has 0 radical (unpaired) electrons. The number of carbonyl (C=O) groups excluding carboxylic acids is 1. The Balaban J connectivity index is 2.57. The van der Waals surface area contributed by atoms with Crippen molar-refractivity contribution in [3.05, 3.63) is 45.7 Å². The van der Waals surface area contributed by atoms with Crippen LogP contribution < -0.4 is 5.56 Å². The van der Waals surface area contributed by atoms with E-state index in [-0.39, 0.29) is 45.8 Å². The number of carbonyl (C=O) groups is 1. The number of hydrogen-bond acceptors (Lipinski definition) is 8. The molecule has 1 aromatic carbocycles. The van der Waals surface area contributed by atoms with Crippen molar-refractivity contribution >= 4 is 27.4 Å². The molecule has 0 aliphatic rings. The van der Waals surface area contributed by atoms with Gasteiger partial charge in [0.15, 0.2) is 0 Å². The van der Waals surface area contributed by atoms with Crippen molar-refractivity contribution in [3.8, 4) is 5.88 Å². The van der Waals surface area contributed by atoms with Crippen molar-refractivity contribution in [1.82, 2.24) is 9.29 Å². The van der Waals surface area contributed by atoms with Crippen LogP contribution in [0.1, 0.15) is 102 Å². The summed E-state index contributed by atoms with van der Waals surface area (Å²) in [4.78, 5) is 26.9. The average molecular weight is 605 g/mol. The third-order valence-electron chi connectivity index (χ3n) is 7.64. The number of unbranched alkanes of at least 4 members (excludes halogenated alkanes) is 2. The molecule has 0 saturated heterocycles. The molecular weight excluding hydrogens is 556 g/mol. The number of pyridine rings is 1. The number of esters is 1. The lowest BCUT2D eigenvalue weighted by Crippen LogP contribution is -2.39. The molecule has 10 nitrogen and oxygen atoms in total. The first-order valence-corrected chi connectivity index (χ1v) is 16.6. The van der Waals surface area contributed by atoms with Crippen LogP contribution in [0.4, 0.5) is 11.4 Å². The molecular formula is C31H48N4O6S. The van der Waals surface area contributed by atoms with Crippen LogP contribution in [0.5, 0.6) is 5.88 Å². The Kier molecular flexibility index (Phi) is 14.4. The number of aromatic amines is 1. The largest absolute Gasteiger partial charge is 0.493 e. The first-order valence-electron chi connectivity index (χ1n) is 15.2. The van der Waals surface area contributed by atoms with Gasteiger partial charge in [0, 0.05) is 18.7 Å². The number of ether oxygens (including phenoxy) is 1. The Hall–Kier alpha value is -3.05. The van der Waals surface area contributed by atoms with Crippen molar-refractivity contribution < 1.29 is 23.1 Å². The lowest BCUT2D eigenvalue weighted by atomic mass is 9.97. The van der Waals surface area contributed by atoms with Gasteiger partial charge < -0.3 is 9.84 Å². The molecule has 234 valence electrons. The number of hydrogen-bond donors (Lipinski definition) is 2. The zero-order valence-corrected chi connectivity index (χ0v) is 26.8. The minimum atomic E-state index is -3.97. The summed E-state index contributed by atoms with van der Waals surface area (Å²) in [6.45, 7) is 12.5. The number of aromatic hydroxyl groups is 1. The van der Waals surface area contributed by atoms with Gasteiger partial charge >= 0.3 is 5.97 Å². The van der Waals surface area contributed by atoms with Gasteiger partial charge in [0.1, 0.15) is 21.8 Å². The zero-order valence-electron chi connectivity index (χ0n) is 26.0. The number of nitrogens with one attached hydrogen (secondary N) is 1. The van der Waals surface area contributed by atoms with E-state index in [1.807, 2.05) is 0 Å². The summed E-state index contributed by atoms with van der Waals surface area (Å²) >= 11 is 0. The van der Waals surface area contributed by atoms with E-state index in [2.05, 4.69) is 42.9 Å². The molecule has 0 saturated carbocycles. The van der Waals surface area contributed by atoms with E-state index in [1.165, 1.54) is 13.0 Å². The van der Waals surface area contributed by atoms with Gasteiger partial charge in [-0.25, -0.2) is 13.2 Å². The molecule has 2 aromatic rings. The summed E-state index contributed by atoms with van der Waals surface area (Å²) in [5.74, 6) is -0.966. The molecule has 0 spiro atoms. The fourth-order valence-corrected chi connectivity index (χ4v) is 6.67. The highest BCUT2D eigenvalue weighted by Gasteiger charge is 2.31. The van der Waals surface area contributed by atoms with Gasteiger partial charge in [0.25, 0.3) is 5.56 Å². The van der Waals surface area contributed by atoms with E-state index in [1.54, 1.807) is 29.4 Å². The fraction of sp³-hybridized carbons (Fsp3) is 0.613. The molecule has 2 N–H and O–H groups in total. The second-order valence-electron chi connectivity index (χ2n) is 10.7. The smallest absolute Gasteiger partial charge is 0.344 e. The summed E-state index contributed by atoms with van der Waals surface area (Å²) in [7, 11) is -3.97. The van der Waals surface area contributed by atoms with E-state index in [0.717, 1.165) is 51.4 Å². The predicted molar refractivity (Wildman–Crippen MR) is 165 cm³/mol. The maximum atomic E-state index is 14.3. The molecule has 2 rings (SSSR count). The zero-order chi connectivity index (χ0) is 31.3. The monoisotopic (exact) mass is 604 g/mol. The standard InChI is InChI=1S/C31H48N4O6S/c1-7-12-16-23(9-3)20-35(21-24(10-4)17-13-8-2)42(39,40)26-19-15-14-18-25(26)33-34-28-22(6)27(31(38)41-11-5)29(36)32-30(28)37/h14-15,18-19,23-24H,7-13,16-17,20-21H2,1-6H3,(H2,32,36,37)/b34-33+. The van der Waals surface area contributed by atoms with Crippen LogP contribution >= 0.6 is 0 Å². The van der Waals surface area contributed by atoms with Crippen molar-refractivity contribution in [3.63, 3.8) is 0 Å². The molecule has 0 amide bonds. The van der Waals surface area contributed by atoms with E-state index in [0.29, 0.717) is 13.1 Å². The Labute approximate surface area is 250 Å². The highest BCUT2D eigenvalue weighted by molar-refractivity contribution is 7.89. The Morgan fingerprint density at radius 1 is 0.976 bits per heavy atom. The number of H-pyrrole nitrogens is 1. The molecule has 42 heavy (non-hydrogen) atoms. The lowest BCUT2D eigenvalue weighted by Gasteiger charge is -2.30. The van der Waals surface area contributed by atoms with Gasteiger partial charge in [-0.1, -0.05) is 78.4 Å². The highest BCUT2D eigenvalue weighted by atomic mass is 32.2. The maximum Gasteiger partial charge on any atom is 0.344 e. The molecule has 0 bridgehead atoms. The molecule has 2 atom stereocenters. The topological polar surface area (TPSA) is 141 Å². The van der Waals surface area contributed by atoms with Crippen LogP contribution in [0.15, 0.2) is 44.2 Å². The fourth-order valence-electron chi connectivity index (χ4n) is 4.95. The number of benzene rings is 1. The van der Waals surface area contributed by atoms with Crippen molar-refractivity contribution in [2.24, 2.45) is 22.1 Å². The third-order valence-corrected chi connectivity index (χ3v) is 9.52. The number of rotatable bonds is 18. The number of sulfonamides is 1. The first-order chi connectivity index (χ1) is 20.0. The van der Waals surface area contributed by atoms with Gasteiger partial charge in [0.2, 0.25) is 15.9 Å². The van der Waals surface area contributed by atoms with Gasteiger partial charge in [-0.3, -0.25) is 9.78 Å². The van der Waals surface area contributed by atoms with E-state index >= 15 is 0 Å². The third kappa shape index (κ3) is 9.22. The molecule has 2 unspecified atom stereocenters. The second-order valence-corrected chi connectivity index (χ2v) is 12.6. The number of nitrogens with zero attached hydrogens (tertiary/aromatic N) is 3. The summed E-state index contributed by atoms with van der Waals surface area (Å²) < 4.78 is 35.1. The van der Waals surface area contributed by atoms with Crippen LogP contribution in [0.3, 0.4) is 0 Å². The van der Waals surface area contributed by atoms with Crippen molar-refractivity contribution in [1.29, 1.82) is 0 Å². The Morgan fingerprint density at radius 2 is 1.55 bits per heavy atom. The van der Waals surface area contributed by atoms with Crippen LogP contribution in [0.2, 0.25) is 0 Å². The van der Waals surface area contributed by atoms with E-state index in [9.17, 15) is 23.1 Å². The SMILES string of the molecule is CCCCC(CC)CN(CC(CC)CCCC)S(=O)(=O)c1ccccc1/N=N/c1c(O)[nH]c(=O)c(C(=O)OCC)c1C. The van der Waals surface area contributed by atoms with Crippen LogP contribution in [0.25, 0.3) is 0 Å². The number of azo groups is 1. The normalized spacial score (nSPS) is 13.5. The first kappa shape index (κ1) is 35.1. The molecule has 1 aromatic heterocycles. The highest BCUT2D eigenvalue weighted by Crippen LogP contribution is 2.34.